The van der Waals surface area contributed by atoms with Gasteiger partial charge in [0.1, 0.15) is 0 Å². The lowest BCUT2D eigenvalue weighted by atomic mass is 9.57. The molecular weight excluding hydrogens is 250 g/mol. The molecule has 2 rings (SSSR count). The van der Waals surface area contributed by atoms with E-state index in [9.17, 15) is 5.11 Å². The molecule has 0 aromatic rings. The van der Waals surface area contributed by atoms with E-state index in [0.29, 0.717) is 6.54 Å². The summed E-state index contributed by atoms with van der Waals surface area (Å²) in [7, 11) is 1.77. The van der Waals surface area contributed by atoms with Gasteiger partial charge in [-0.1, -0.05) is 19.8 Å². The minimum atomic E-state index is -0.599. The Morgan fingerprint density at radius 1 is 1.20 bits per heavy atom. The first-order valence-corrected chi connectivity index (χ1v) is 8.54. The molecule has 2 aliphatic carbocycles. The normalized spacial score (nSPS) is 42.6. The molecule has 3 heteroatoms. The van der Waals surface area contributed by atoms with Gasteiger partial charge >= 0.3 is 0 Å². The fourth-order valence-electron chi connectivity index (χ4n) is 4.67. The van der Waals surface area contributed by atoms with Crippen molar-refractivity contribution in [3.05, 3.63) is 0 Å². The van der Waals surface area contributed by atoms with Crippen LogP contribution >= 0.6 is 0 Å². The summed E-state index contributed by atoms with van der Waals surface area (Å²) < 4.78 is 5.53. The average Bonchev–Trinajstić information content (AvgIpc) is 2.48. The molecule has 0 aliphatic heterocycles. The van der Waals surface area contributed by atoms with Gasteiger partial charge in [0.2, 0.25) is 0 Å². The fourth-order valence-corrected chi connectivity index (χ4v) is 4.67. The third kappa shape index (κ3) is 3.05. The topological polar surface area (TPSA) is 55.5 Å². The van der Waals surface area contributed by atoms with E-state index in [1.165, 1.54) is 25.7 Å². The van der Waals surface area contributed by atoms with E-state index >= 15 is 0 Å². The van der Waals surface area contributed by atoms with Gasteiger partial charge in [0.05, 0.1) is 11.7 Å². The number of methoxy groups -OCH3 is 1. The highest BCUT2D eigenvalue weighted by molar-refractivity contribution is 5.04. The molecule has 0 bridgehead atoms. The van der Waals surface area contributed by atoms with Crippen LogP contribution in [0.25, 0.3) is 0 Å². The van der Waals surface area contributed by atoms with Crippen LogP contribution in [0.15, 0.2) is 0 Å². The molecule has 0 saturated heterocycles. The van der Waals surface area contributed by atoms with Crippen LogP contribution in [0.2, 0.25) is 0 Å². The SMILES string of the molecule is CCCC1CCC(CN)(C2(O)CCCC(OC)C2)CC1. The Labute approximate surface area is 124 Å². The number of nitrogens with two attached hydrogens (primary N) is 1. The van der Waals surface area contributed by atoms with Crippen LogP contribution in [0.4, 0.5) is 0 Å². The van der Waals surface area contributed by atoms with Crippen molar-refractivity contribution < 1.29 is 9.84 Å². The van der Waals surface area contributed by atoms with Crippen LogP contribution in [-0.2, 0) is 4.74 Å². The quantitative estimate of drug-likeness (QED) is 0.814. The predicted molar refractivity (Wildman–Crippen MR) is 82.6 cm³/mol. The van der Waals surface area contributed by atoms with Crippen molar-refractivity contribution in [3.8, 4) is 0 Å². The van der Waals surface area contributed by atoms with Crippen molar-refractivity contribution in [2.75, 3.05) is 13.7 Å². The van der Waals surface area contributed by atoms with E-state index in [1.54, 1.807) is 7.11 Å². The Morgan fingerprint density at radius 2 is 1.90 bits per heavy atom. The summed E-state index contributed by atoms with van der Waals surface area (Å²) >= 11 is 0. The second-order valence-corrected chi connectivity index (χ2v) is 7.20. The average molecular weight is 283 g/mol. The monoisotopic (exact) mass is 283 g/mol. The van der Waals surface area contributed by atoms with Gasteiger partial charge in [-0.05, 0) is 50.9 Å². The van der Waals surface area contributed by atoms with Gasteiger partial charge in [0.15, 0.2) is 0 Å². The van der Waals surface area contributed by atoms with Gasteiger partial charge in [-0.25, -0.2) is 0 Å². The summed E-state index contributed by atoms with van der Waals surface area (Å²) in [6, 6.07) is 0. The van der Waals surface area contributed by atoms with Crippen LogP contribution in [0.5, 0.6) is 0 Å². The molecule has 3 N–H and O–H groups in total. The van der Waals surface area contributed by atoms with E-state index in [0.717, 1.165) is 44.4 Å². The highest BCUT2D eigenvalue weighted by Gasteiger charge is 2.52. The lowest BCUT2D eigenvalue weighted by molar-refractivity contribution is -0.152. The Hall–Kier alpha value is -0.120. The summed E-state index contributed by atoms with van der Waals surface area (Å²) in [5.74, 6) is 0.852. The Morgan fingerprint density at radius 3 is 2.45 bits per heavy atom. The lowest BCUT2D eigenvalue weighted by Gasteiger charge is -2.53. The standard InChI is InChI=1S/C17H33NO2/c1-3-5-14-7-10-16(13-18,11-8-14)17(19)9-4-6-15(12-17)20-2/h14-15,19H,3-13,18H2,1-2H3. The van der Waals surface area contributed by atoms with E-state index in [2.05, 4.69) is 6.92 Å². The van der Waals surface area contributed by atoms with Gasteiger partial charge in [-0.3, -0.25) is 0 Å². The Bertz CT molecular complexity index is 299. The molecule has 0 radical (unpaired) electrons. The second kappa shape index (κ2) is 6.76. The van der Waals surface area contributed by atoms with Crippen molar-refractivity contribution in [1.82, 2.24) is 0 Å². The predicted octanol–water partition coefficient (Wildman–Crippen LogP) is 3.24. The van der Waals surface area contributed by atoms with Crippen molar-refractivity contribution in [1.29, 1.82) is 0 Å². The van der Waals surface area contributed by atoms with E-state index in [-0.39, 0.29) is 11.5 Å². The molecule has 3 nitrogen and oxygen atoms in total. The van der Waals surface area contributed by atoms with E-state index in [4.69, 9.17) is 10.5 Å². The molecule has 0 aromatic carbocycles. The highest BCUT2D eigenvalue weighted by Crippen LogP contribution is 2.52. The van der Waals surface area contributed by atoms with Crippen LogP contribution < -0.4 is 5.73 Å². The fraction of sp³-hybridized carbons (Fsp3) is 1.00. The molecule has 20 heavy (non-hydrogen) atoms. The minimum Gasteiger partial charge on any atom is -0.389 e. The number of rotatable bonds is 5. The first kappa shape index (κ1) is 16.3. The molecular formula is C17H33NO2. The highest BCUT2D eigenvalue weighted by atomic mass is 16.5. The van der Waals surface area contributed by atoms with Gasteiger partial charge in [-0.2, -0.15) is 0 Å². The maximum atomic E-state index is 11.3. The number of ether oxygens (including phenoxy) is 1. The number of hydrogen-bond donors (Lipinski definition) is 2. The molecule has 0 amide bonds. The first-order chi connectivity index (χ1) is 9.59. The summed E-state index contributed by atoms with van der Waals surface area (Å²) in [4.78, 5) is 0. The molecule has 2 aliphatic rings. The van der Waals surface area contributed by atoms with Crippen LogP contribution in [-0.4, -0.2) is 30.5 Å². The van der Waals surface area contributed by atoms with E-state index in [1.807, 2.05) is 0 Å². The van der Waals surface area contributed by atoms with E-state index < -0.39 is 5.60 Å². The molecule has 2 saturated carbocycles. The largest absolute Gasteiger partial charge is 0.389 e. The number of hydrogen-bond acceptors (Lipinski definition) is 3. The molecule has 0 aromatic heterocycles. The van der Waals surface area contributed by atoms with Crippen molar-refractivity contribution >= 4 is 0 Å². The zero-order chi connectivity index (χ0) is 14.6. The second-order valence-electron chi connectivity index (χ2n) is 7.20. The first-order valence-electron chi connectivity index (χ1n) is 8.54. The van der Waals surface area contributed by atoms with Crippen molar-refractivity contribution in [2.24, 2.45) is 17.1 Å². The third-order valence-electron chi connectivity index (χ3n) is 6.15. The smallest absolute Gasteiger partial charge is 0.0740 e. The molecule has 2 fully saturated rings. The Kier molecular flexibility index (Phi) is 5.49. The van der Waals surface area contributed by atoms with Crippen LogP contribution in [0, 0.1) is 11.3 Å². The van der Waals surface area contributed by atoms with Gasteiger partial charge < -0.3 is 15.6 Å². The van der Waals surface area contributed by atoms with Crippen LogP contribution in [0.1, 0.15) is 71.1 Å². The minimum absolute atomic E-state index is 0.0611. The van der Waals surface area contributed by atoms with Gasteiger partial charge in [0, 0.05) is 25.5 Å². The summed E-state index contributed by atoms with van der Waals surface area (Å²) in [5, 5.41) is 11.3. The maximum absolute atomic E-state index is 11.3. The summed E-state index contributed by atoms with van der Waals surface area (Å²) in [6.07, 6.45) is 11.3. The van der Waals surface area contributed by atoms with Gasteiger partial charge in [0.25, 0.3) is 0 Å². The molecule has 2 atom stereocenters. The lowest BCUT2D eigenvalue weighted by Crippen LogP contribution is -2.57. The van der Waals surface area contributed by atoms with Crippen molar-refractivity contribution in [2.45, 2.75) is 82.8 Å². The maximum Gasteiger partial charge on any atom is 0.0740 e. The molecule has 0 spiro atoms. The number of aliphatic hydroxyl groups is 1. The third-order valence-corrected chi connectivity index (χ3v) is 6.15. The zero-order valence-corrected chi connectivity index (χ0v) is 13.4. The summed E-state index contributed by atoms with van der Waals surface area (Å²) in [5.41, 5.74) is 5.50. The van der Waals surface area contributed by atoms with Crippen molar-refractivity contribution in [3.63, 3.8) is 0 Å². The summed E-state index contributed by atoms with van der Waals surface area (Å²) in [6.45, 7) is 2.89. The van der Waals surface area contributed by atoms with Gasteiger partial charge in [-0.15, -0.1) is 0 Å². The zero-order valence-electron chi connectivity index (χ0n) is 13.4. The molecule has 0 heterocycles. The Balaban J connectivity index is 2.07. The molecule has 118 valence electrons. The molecule has 2 unspecified atom stereocenters. The van der Waals surface area contributed by atoms with Crippen LogP contribution in [0.3, 0.4) is 0 Å².